The number of benzene rings is 2. The van der Waals surface area contributed by atoms with Crippen molar-refractivity contribution in [2.45, 2.75) is 31.7 Å². The predicted octanol–water partition coefficient (Wildman–Crippen LogP) is 3.52. The van der Waals surface area contributed by atoms with Gasteiger partial charge in [-0.05, 0) is 12.1 Å². The Balaban J connectivity index is 1.50. The molecule has 1 N–H and O–H groups in total. The molecule has 1 fully saturated rings. The van der Waals surface area contributed by atoms with Crippen LogP contribution < -0.4 is 5.32 Å². The zero-order valence-electron chi connectivity index (χ0n) is 19.0. The molecule has 2 amide bonds. The fourth-order valence-corrected chi connectivity index (χ4v) is 4.53. The number of amides is 2. The number of Topliss-reactive ketones (excluding diaryl/α,β-unsaturated/α-hetero) is 1. The largest absolute Gasteiger partial charge is 0.377 e. The van der Waals surface area contributed by atoms with Crippen LogP contribution >= 0.6 is 11.6 Å². The molecule has 7 nitrogen and oxygen atoms in total. The van der Waals surface area contributed by atoms with Crippen LogP contribution in [0.1, 0.15) is 22.3 Å². The number of ether oxygens (including phenoxy) is 1. The molecule has 1 aliphatic rings. The first-order valence-corrected chi connectivity index (χ1v) is 11.4. The Bertz CT molecular complexity index is 1280. The number of alkyl halides is 1. The number of methoxy groups -OCH3 is 1. The Labute approximate surface area is 205 Å². The number of aromatic nitrogens is 1. The molecule has 0 bridgehead atoms. The van der Waals surface area contributed by atoms with Gasteiger partial charge in [0.1, 0.15) is 31.2 Å². The fraction of sp³-hybridized carbons (Fsp3) is 0.320. The van der Waals surface area contributed by atoms with Gasteiger partial charge in [0.25, 0.3) is 0 Å². The van der Waals surface area contributed by atoms with Gasteiger partial charge in [0.05, 0.1) is 11.6 Å². The van der Waals surface area contributed by atoms with Crippen LogP contribution in [0.15, 0.2) is 48.7 Å². The predicted molar refractivity (Wildman–Crippen MR) is 126 cm³/mol. The van der Waals surface area contributed by atoms with Gasteiger partial charge in [-0.2, -0.15) is 0 Å². The summed E-state index contributed by atoms with van der Waals surface area (Å²) < 4.78 is 35.0. The molecule has 1 saturated heterocycles. The van der Waals surface area contributed by atoms with E-state index in [2.05, 4.69) is 5.32 Å². The maximum atomic E-state index is 14.3. The van der Waals surface area contributed by atoms with Crippen molar-refractivity contribution >= 4 is 40.1 Å². The average Bonchev–Trinajstić information content (AvgIpc) is 3.41. The van der Waals surface area contributed by atoms with E-state index in [4.69, 9.17) is 16.3 Å². The van der Waals surface area contributed by atoms with Gasteiger partial charge < -0.3 is 19.5 Å². The Hall–Kier alpha value is -3.30. The standard InChI is InChI=1S/C25H24ClF2N3O4/c1-35-14-22(32)18-12-30(20-8-3-2-6-17(18)20)13-23(33)31-11-16(27)9-21(31)25(34)29-10-15-5-4-7-19(26)24(15)28/h2-8,12,16,21H,9-11,13-14H2,1H3,(H,29,34)/t16-,21+/m1/s1. The molecule has 0 radical (unpaired) electrons. The Kier molecular flexibility index (Phi) is 7.47. The van der Waals surface area contributed by atoms with Gasteiger partial charge in [-0.3, -0.25) is 14.4 Å². The molecular formula is C25H24ClF2N3O4. The summed E-state index contributed by atoms with van der Waals surface area (Å²) in [6.07, 6.45) is 0.0571. The summed E-state index contributed by atoms with van der Waals surface area (Å²) >= 11 is 5.78. The third kappa shape index (κ3) is 5.21. The van der Waals surface area contributed by atoms with E-state index in [0.29, 0.717) is 16.5 Å². The molecule has 2 aromatic carbocycles. The van der Waals surface area contributed by atoms with Crippen molar-refractivity contribution in [3.05, 3.63) is 70.6 Å². The van der Waals surface area contributed by atoms with Gasteiger partial charge in [0.2, 0.25) is 11.8 Å². The van der Waals surface area contributed by atoms with Crippen LogP contribution in [0.5, 0.6) is 0 Å². The summed E-state index contributed by atoms with van der Waals surface area (Å²) in [4.78, 5) is 39.6. The van der Waals surface area contributed by atoms with Gasteiger partial charge in [-0.15, -0.1) is 0 Å². The number of halogens is 3. The van der Waals surface area contributed by atoms with Gasteiger partial charge in [-0.1, -0.05) is 41.9 Å². The summed E-state index contributed by atoms with van der Waals surface area (Å²) in [6.45, 7) is -0.654. The van der Waals surface area contributed by atoms with Crippen LogP contribution in [0.25, 0.3) is 10.9 Å². The van der Waals surface area contributed by atoms with Crippen molar-refractivity contribution in [1.82, 2.24) is 14.8 Å². The first-order valence-electron chi connectivity index (χ1n) is 11.0. The molecule has 0 aliphatic carbocycles. The summed E-state index contributed by atoms with van der Waals surface area (Å²) in [5.41, 5.74) is 1.26. The molecule has 3 aromatic rings. The summed E-state index contributed by atoms with van der Waals surface area (Å²) in [5, 5.41) is 3.18. The van der Waals surface area contributed by atoms with Gasteiger partial charge >= 0.3 is 0 Å². The topological polar surface area (TPSA) is 80.6 Å². The molecule has 1 aliphatic heterocycles. The van der Waals surface area contributed by atoms with Crippen molar-refractivity contribution in [3.8, 4) is 0 Å². The highest BCUT2D eigenvalue weighted by atomic mass is 35.5. The number of ketones is 1. The fourth-order valence-electron chi connectivity index (χ4n) is 4.34. The zero-order valence-corrected chi connectivity index (χ0v) is 19.7. The highest BCUT2D eigenvalue weighted by Gasteiger charge is 2.39. The number of fused-ring (bicyclic) bond motifs is 1. The van der Waals surface area contributed by atoms with Crippen LogP contribution in [0.4, 0.5) is 8.78 Å². The van der Waals surface area contributed by atoms with Crippen LogP contribution in [0, 0.1) is 5.82 Å². The van der Waals surface area contributed by atoms with Crippen molar-refractivity contribution in [3.63, 3.8) is 0 Å². The third-order valence-corrected chi connectivity index (χ3v) is 6.32. The molecule has 35 heavy (non-hydrogen) atoms. The van der Waals surface area contributed by atoms with Crippen molar-refractivity contribution < 1.29 is 27.9 Å². The van der Waals surface area contributed by atoms with E-state index in [1.165, 1.54) is 24.1 Å². The number of hydrogen-bond acceptors (Lipinski definition) is 4. The smallest absolute Gasteiger partial charge is 0.243 e. The Morgan fingerprint density at radius 3 is 2.71 bits per heavy atom. The summed E-state index contributed by atoms with van der Waals surface area (Å²) in [7, 11) is 1.42. The first kappa shape index (κ1) is 24.8. The molecule has 10 heteroatoms. The van der Waals surface area contributed by atoms with Gasteiger partial charge in [0.15, 0.2) is 5.78 Å². The number of nitrogens with zero attached hydrogens (tertiary/aromatic N) is 2. The average molecular weight is 504 g/mol. The number of para-hydroxylation sites is 1. The molecule has 4 rings (SSSR count). The lowest BCUT2D eigenvalue weighted by molar-refractivity contribution is -0.139. The van der Waals surface area contributed by atoms with E-state index in [0.717, 1.165) is 0 Å². The van der Waals surface area contributed by atoms with E-state index in [9.17, 15) is 23.2 Å². The minimum atomic E-state index is -1.36. The Morgan fingerprint density at radius 1 is 1.17 bits per heavy atom. The maximum Gasteiger partial charge on any atom is 0.243 e. The molecule has 0 saturated carbocycles. The Morgan fingerprint density at radius 2 is 1.94 bits per heavy atom. The van der Waals surface area contributed by atoms with Crippen LogP contribution in [-0.2, 0) is 27.4 Å². The minimum Gasteiger partial charge on any atom is -0.377 e. The summed E-state index contributed by atoms with van der Waals surface area (Å²) in [6, 6.07) is 10.5. The molecule has 0 unspecified atom stereocenters. The summed E-state index contributed by atoms with van der Waals surface area (Å²) in [5.74, 6) is -1.92. The van der Waals surface area contributed by atoms with E-state index in [1.807, 2.05) is 0 Å². The minimum absolute atomic E-state index is 0.0689. The van der Waals surface area contributed by atoms with Crippen molar-refractivity contribution in [2.24, 2.45) is 0 Å². The highest BCUT2D eigenvalue weighted by molar-refractivity contribution is 6.30. The highest BCUT2D eigenvalue weighted by Crippen LogP contribution is 2.25. The molecule has 2 atom stereocenters. The number of likely N-dealkylation sites (tertiary alicyclic amines) is 1. The van der Waals surface area contributed by atoms with Gasteiger partial charge in [0, 0.05) is 48.3 Å². The lowest BCUT2D eigenvalue weighted by Gasteiger charge is -2.24. The number of nitrogens with one attached hydrogen (secondary N) is 1. The van der Waals surface area contributed by atoms with E-state index >= 15 is 0 Å². The second-order valence-electron chi connectivity index (χ2n) is 8.37. The molecular weight excluding hydrogens is 480 g/mol. The van der Waals surface area contributed by atoms with Crippen LogP contribution in [0.2, 0.25) is 5.02 Å². The van der Waals surface area contributed by atoms with E-state index in [1.54, 1.807) is 41.1 Å². The quantitative estimate of drug-likeness (QED) is 0.477. The molecule has 1 aromatic heterocycles. The zero-order chi connectivity index (χ0) is 25.1. The van der Waals surface area contributed by atoms with Crippen molar-refractivity contribution in [1.29, 1.82) is 0 Å². The molecule has 2 heterocycles. The van der Waals surface area contributed by atoms with Crippen molar-refractivity contribution in [2.75, 3.05) is 20.3 Å². The molecule has 184 valence electrons. The first-order chi connectivity index (χ1) is 16.8. The third-order valence-electron chi connectivity index (χ3n) is 6.03. The number of hydrogen-bond donors (Lipinski definition) is 1. The second kappa shape index (κ2) is 10.5. The van der Waals surface area contributed by atoms with Crippen LogP contribution in [-0.4, -0.2) is 59.5 Å². The maximum absolute atomic E-state index is 14.3. The number of rotatable bonds is 8. The SMILES string of the molecule is COCC(=O)c1cn(CC(=O)N2C[C@H](F)C[C@H]2C(=O)NCc2cccc(Cl)c2F)c2ccccc12. The lowest BCUT2D eigenvalue weighted by Crippen LogP contribution is -2.46. The lowest BCUT2D eigenvalue weighted by atomic mass is 10.1. The molecule has 0 spiro atoms. The monoisotopic (exact) mass is 503 g/mol. The van der Waals surface area contributed by atoms with Gasteiger partial charge in [-0.25, -0.2) is 8.78 Å². The normalized spacial score (nSPS) is 17.7. The van der Waals surface area contributed by atoms with Crippen LogP contribution in [0.3, 0.4) is 0 Å². The number of carbonyl (C=O) groups excluding carboxylic acids is 3. The van der Waals surface area contributed by atoms with E-state index in [-0.39, 0.29) is 49.0 Å². The van der Waals surface area contributed by atoms with E-state index < -0.39 is 29.8 Å². The second-order valence-corrected chi connectivity index (χ2v) is 8.78. The number of carbonyl (C=O) groups is 3.